The molecule has 0 aromatic heterocycles. The number of hydrogen-bond acceptors (Lipinski definition) is 3. The van der Waals surface area contributed by atoms with Crippen molar-refractivity contribution in [1.29, 1.82) is 0 Å². The number of hydrogen-bond donors (Lipinski definition) is 0. The molecule has 4 nitrogen and oxygen atoms in total. The van der Waals surface area contributed by atoms with E-state index >= 15 is 0 Å². The zero-order chi connectivity index (χ0) is 11.3. The maximum absolute atomic E-state index is 11.7. The van der Waals surface area contributed by atoms with Crippen LogP contribution in [-0.4, -0.2) is 49.3 Å². The van der Waals surface area contributed by atoms with Gasteiger partial charge < -0.3 is 9.64 Å². The first-order valence-corrected chi connectivity index (χ1v) is 4.75. The third-order valence-corrected chi connectivity index (χ3v) is 2.11. The summed E-state index contributed by atoms with van der Waals surface area (Å²) in [6, 6.07) is 0. The van der Waals surface area contributed by atoms with Crippen LogP contribution in [0.15, 0.2) is 0 Å². The van der Waals surface area contributed by atoms with E-state index in [9.17, 15) is 18.4 Å². The van der Waals surface area contributed by atoms with Crippen molar-refractivity contribution >= 4 is 11.7 Å². The van der Waals surface area contributed by atoms with E-state index in [1.54, 1.807) is 0 Å². The zero-order valence-corrected chi connectivity index (χ0v) is 8.25. The van der Waals surface area contributed by atoms with E-state index in [1.165, 1.54) is 4.90 Å². The lowest BCUT2D eigenvalue weighted by molar-refractivity contribution is -0.140. The Balaban J connectivity index is 2.16. The zero-order valence-electron chi connectivity index (χ0n) is 8.25. The Morgan fingerprint density at radius 2 is 2.13 bits per heavy atom. The predicted octanol–water partition coefficient (Wildman–Crippen LogP) is 0.460. The fourth-order valence-corrected chi connectivity index (χ4v) is 1.34. The van der Waals surface area contributed by atoms with E-state index in [1.807, 2.05) is 0 Å². The van der Waals surface area contributed by atoms with Crippen LogP contribution in [0.2, 0.25) is 0 Å². The third kappa shape index (κ3) is 4.33. The van der Waals surface area contributed by atoms with Gasteiger partial charge in [-0.1, -0.05) is 0 Å². The number of alkyl halides is 2. The number of ether oxygens (including phenoxy) is 1. The van der Waals surface area contributed by atoms with Crippen molar-refractivity contribution in [2.24, 2.45) is 0 Å². The molecule has 0 N–H and O–H groups in total. The molecular formula is C9H13F2NO3. The molecule has 0 unspecified atom stereocenters. The van der Waals surface area contributed by atoms with Crippen LogP contribution in [0.25, 0.3) is 0 Å². The summed E-state index contributed by atoms with van der Waals surface area (Å²) >= 11 is 0. The summed E-state index contributed by atoms with van der Waals surface area (Å²) in [5.41, 5.74) is 0. The van der Waals surface area contributed by atoms with Crippen LogP contribution in [0.5, 0.6) is 0 Å². The Labute approximate surface area is 86.2 Å². The number of carbonyl (C=O) groups excluding carboxylic acids is 2. The first kappa shape index (κ1) is 12.0. The van der Waals surface area contributed by atoms with Crippen molar-refractivity contribution in [2.45, 2.75) is 19.3 Å². The number of halogens is 2. The Bertz CT molecular complexity index is 246. The van der Waals surface area contributed by atoms with Crippen LogP contribution >= 0.6 is 0 Å². The molecule has 1 heterocycles. The standard InChI is InChI=1S/C9H13F2NO3/c10-8(11)6-15-4-3-12-2-1-7(13)5-9(12)14/h8H,1-6H2. The van der Waals surface area contributed by atoms with E-state index in [0.29, 0.717) is 13.0 Å². The lowest BCUT2D eigenvalue weighted by atomic mass is 10.1. The van der Waals surface area contributed by atoms with Crippen molar-refractivity contribution in [3.8, 4) is 0 Å². The van der Waals surface area contributed by atoms with Gasteiger partial charge in [-0.05, 0) is 0 Å². The smallest absolute Gasteiger partial charge is 0.261 e. The van der Waals surface area contributed by atoms with Gasteiger partial charge in [0.2, 0.25) is 5.91 Å². The molecule has 0 saturated carbocycles. The molecule has 0 bridgehead atoms. The average Bonchev–Trinajstić information content (AvgIpc) is 2.14. The van der Waals surface area contributed by atoms with Gasteiger partial charge in [0.25, 0.3) is 6.43 Å². The van der Waals surface area contributed by atoms with Crippen molar-refractivity contribution in [3.63, 3.8) is 0 Å². The minimum absolute atomic E-state index is 0.0650. The molecule has 15 heavy (non-hydrogen) atoms. The molecule has 86 valence electrons. The lowest BCUT2D eigenvalue weighted by Gasteiger charge is -2.25. The summed E-state index contributed by atoms with van der Waals surface area (Å²) in [4.78, 5) is 23.6. The summed E-state index contributed by atoms with van der Waals surface area (Å²) in [5.74, 6) is -0.309. The number of piperidine rings is 1. The molecule has 1 amide bonds. The monoisotopic (exact) mass is 221 g/mol. The minimum Gasteiger partial charge on any atom is -0.374 e. The molecule has 1 aliphatic rings. The fraction of sp³-hybridized carbons (Fsp3) is 0.778. The molecule has 0 atom stereocenters. The Hall–Kier alpha value is -1.04. The molecule has 0 spiro atoms. The molecule has 1 saturated heterocycles. The van der Waals surface area contributed by atoms with Gasteiger partial charge in [0.05, 0.1) is 13.0 Å². The van der Waals surface area contributed by atoms with Crippen molar-refractivity contribution in [1.82, 2.24) is 4.90 Å². The molecular weight excluding hydrogens is 208 g/mol. The molecule has 0 aromatic rings. The summed E-state index contributed by atoms with van der Waals surface area (Å²) in [5, 5.41) is 0. The highest BCUT2D eigenvalue weighted by atomic mass is 19.3. The highest BCUT2D eigenvalue weighted by molar-refractivity contribution is 6.00. The normalized spacial score (nSPS) is 17.7. The van der Waals surface area contributed by atoms with Gasteiger partial charge in [-0.2, -0.15) is 0 Å². The molecule has 0 aliphatic carbocycles. The number of nitrogens with zero attached hydrogens (tertiary/aromatic N) is 1. The van der Waals surface area contributed by atoms with Gasteiger partial charge in [-0.25, -0.2) is 8.78 Å². The van der Waals surface area contributed by atoms with Crippen molar-refractivity contribution in [3.05, 3.63) is 0 Å². The number of Topliss-reactive ketones (excluding diaryl/α,β-unsaturated/α-hetero) is 1. The summed E-state index contributed by atoms with van der Waals surface area (Å²) < 4.78 is 28.0. The first-order valence-electron chi connectivity index (χ1n) is 4.75. The third-order valence-electron chi connectivity index (χ3n) is 2.11. The number of carbonyl (C=O) groups is 2. The van der Waals surface area contributed by atoms with Gasteiger partial charge in [-0.15, -0.1) is 0 Å². The number of likely N-dealkylation sites (tertiary alicyclic amines) is 1. The largest absolute Gasteiger partial charge is 0.374 e. The van der Waals surface area contributed by atoms with Gasteiger partial charge in [0, 0.05) is 19.5 Å². The van der Waals surface area contributed by atoms with Crippen molar-refractivity contribution < 1.29 is 23.1 Å². The van der Waals surface area contributed by atoms with E-state index < -0.39 is 13.0 Å². The second kappa shape index (κ2) is 5.75. The van der Waals surface area contributed by atoms with Crippen LogP contribution in [0.3, 0.4) is 0 Å². The number of amides is 1. The summed E-state index contributed by atoms with van der Waals surface area (Å²) in [7, 11) is 0. The second-order valence-electron chi connectivity index (χ2n) is 3.31. The average molecular weight is 221 g/mol. The Morgan fingerprint density at radius 1 is 1.40 bits per heavy atom. The Kier molecular flexibility index (Phi) is 4.61. The minimum atomic E-state index is -2.48. The number of rotatable bonds is 5. The first-order chi connectivity index (χ1) is 7.09. The SMILES string of the molecule is O=C1CCN(CCOCC(F)F)C(=O)C1. The van der Waals surface area contributed by atoms with Crippen LogP contribution in [0.4, 0.5) is 8.78 Å². The van der Waals surface area contributed by atoms with Crippen LogP contribution in [0, 0.1) is 0 Å². The lowest BCUT2D eigenvalue weighted by Crippen LogP contribution is -2.40. The highest BCUT2D eigenvalue weighted by Crippen LogP contribution is 2.06. The van der Waals surface area contributed by atoms with Gasteiger partial charge in [0.1, 0.15) is 12.4 Å². The maximum atomic E-state index is 11.7. The van der Waals surface area contributed by atoms with Gasteiger partial charge >= 0.3 is 0 Å². The molecule has 1 rings (SSSR count). The van der Waals surface area contributed by atoms with E-state index in [2.05, 4.69) is 4.74 Å². The van der Waals surface area contributed by atoms with Gasteiger partial charge in [-0.3, -0.25) is 9.59 Å². The van der Waals surface area contributed by atoms with Gasteiger partial charge in [0.15, 0.2) is 0 Å². The van der Waals surface area contributed by atoms with Crippen LogP contribution in [-0.2, 0) is 14.3 Å². The maximum Gasteiger partial charge on any atom is 0.261 e. The quantitative estimate of drug-likeness (QED) is 0.500. The molecule has 0 radical (unpaired) electrons. The summed E-state index contributed by atoms with van der Waals surface area (Å²) in [6.07, 6.45) is -2.21. The van der Waals surface area contributed by atoms with E-state index in [-0.39, 0.29) is 31.3 Å². The van der Waals surface area contributed by atoms with Crippen molar-refractivity contribution in [2.75, 3.05) is 26.3 Å². The second-order valence-corrected chi connectivity index (χ2v) is 3.31. The molecule has 6 heteroatoms. The molecule has 1 aliphatic heterocycles. The van der Waals surface area contributed by atoms with Crippen LogP contribution < -0.4 is 0 Å². The highest BCUT2D eigenvalue weighted by Gasteiger charge is 2.23. The number of ketones is 1. The summed E-state index contributed by atoms with van der Waals surface area (Å²) in [6.45, 7) is 0.125. The predicted molar refractivity (Wildman–Crippen MR) is 47.6 cm³/mol. The topological polar surface area (TPSA) is 46.6 Å². The Morgan fingerprint density at radius 3 is 2.73 bits per heavy atom. The van der Waals surface area contributed by atoms with Crippen LogP contribution in [0.1, 0.15) is 12.8 Å². The molecule has 0 aromatic carbocycles. The van der Waals surface area contributed by atoms with E-state index in [0.717, 1.165) is 0 Å². The fourth-order valence-electron chi connectivity index (χ4n) is 1.34. The van der Waals surface area contributed by atoms with E-state index in [4.69, 9.17) is 0 Å². The molecule has 1 fully saturated rings.